The van der Waals surface area contributed by atoms with Gasteiger partial charge in [0, 0.05) is 39.3 Å². The second-order valence-corrected chi connectivity index (χ2v) is 10.8. The number of allylic oxidation sites excluding steroid dienone is 2. The average molecular weight is 516 g/mol. The summed E-state index contributed by atoms with van der Waals surface area (Å²) >= 11 is 13.0. The summed E-state index contributed by atoms with van der Waals surface area (Å²) in [6, 6.07) is 15.6. The van der Waals surface area contributed by atoms with E-state index in [9.17, 15) is 18.5 Å². The molecule has 3 atom stereocenters. The highest BCUT2D eigenvalue weighted by atomic mass is 35.5. The Kier molecular flexibility index (Phi) is 5.75. The van der Waals surface area contributed by atoms with E-state index in [0.717, 1.165) is 23.2 Å². The first-order chi connectivity index (χ1) is 16.2. The Morgan fingerprint density at radius 1 is 1.03 bits per heavy atom. The lowest BCUT2D eigenvalue weighted by molar-refractivity contribution is -0.384. The smallest absolute Gasteiger partial charge is 0.271 e. The molecule has 0 unspecified atom stereocenters. The average Bonchev–Trinajstić information content (AvgIpc) is 3.29. The largest absolute Gasteiger partial charge is 0.378 e. The molecule has 1 aliphatic heterocycles. The molecule has 2 aliphatic rings. The molecule has 1 aliphatic carbocycles. The van der Waals surface area contributed by atoms with Crippen LogP contribution in [0.4, 0.5) is 17.1 Å². The summed E-state index contributed by atoms with van der Waals surface area (Å²) in [6.45, 7) is 0. The van der Waals surface area contributed by atoms with Crippen LogP contribution in [0, 0.1) is 16.0 Å². The molecule has 5 rings (SSSR count). The number of rotatable bonds is 5. The summed E-state index contributed by atoms with van der Waals surface area (Å²) in [5, 5.41) is 15.7. The summed E-state index contributed by atoms with van der Waals surface area (Å²) in [5.41, 5.74) is 2.43. The first-order valence-electron chi connectivity index (χ1n) is 10.5. The zero-order valence-electron chi connectivity index (χ0n) is 17.6. The minimum atomic E-state index is -3.96. The van der Waals surface area contributed by atoms with Crippen molar-refractivity contribution in [3.05, 3.63) is 104 Å². The molecule has 0 bridgehead atoms. The number of fused-ring (bicyclic) bond motifs is 3. The number of hydrogen-bond acceptors (Lipinski definition) is 5. The van der Waals surface area contributed by atoms with Gasteiger partial charge in [-0.05, 0) is 54.3 Å². The van der Waals surface area contributed by atoms with Crippen LogP contribution in [-0.4, -0.2) is 13.3 Å². The number of nitrogens with one attached hydrogen (secondary N) is 2. The van der Waals surface area contributed by atoms with Crippen molar-refractivity contribution in [2.75, 3.05) is 10.0 Å². The number of benzene rings is 3. The van der Waals surface area contributed by atoms with Gasteiger partial charge in [0.25, 0.3) is 15.7 Å². The Morgan fingerprint density at radius 3 is 2.50 bits per heavy atom. The molecule has 0 radical (unpaired) electrons. The quantitative estimate of drug-likeness (QED) is 0.228. The highest BCUT2D eigenvalue weighted by Crippen LogP contribution is 2.52. The number of anilines is 2. The zero-order valence-corrected chi connectivity index (χ0v) is 19.9. The SMILES string of the molecule is O=[N+]([O-])c1cccc(NS(=O)(=O)c2ccc3c(c2)[C@H]2C=CC[C@H]2[C@@H](c2c(Cl)cccc2Cl)N3)c1. The molecule has 0 spiro atoms. The predicted molar refractivity (Wildman–Crippen MR) is 133 cm³/mol. The van der Waals surface area contributed by atoms with Gasteiger partial charge in [-0.15, -0.1) is 0 Å². The van der Waals surface area contributed by atoms with E-state index in [1.165, 1.54) is 30.3 Å². The standard InChI is InChI=1S/C24H19Cl2N3O4S/c25-20-8-3-9-21(26)23(20)24-18-7-2-6-17(18)19-13-16(10-11-22(19)27-24)34(32,33)28-14-4-1-5-15(12-14)29(30)31/h1-6,8-13,17-18,24,27-28H,7H2/t17-,18+,24-/m0/s1. The Bertz CT molecular complexity index is 1420. The lowest BCUT2D eigenvalue weighted by atomic mass is 9.77. The van der Waals surface area contributed by atoms with Crippen molar-refractivity contribution in [2.24, 2.45) is 5.92 Å². The van der Waals surface area contributed by atoms with Gasteiger partial charge in [0.2, 0.25) is 0 Å². The van der Waals surface area contributed by atoms with Crippen LogP contribution in [0.1, 0.15) is 29.5 Å². The summed E-state index contributed by atoms with van der Waals surface area (Å²) in [7, 11) is -3.96. The maximum atomic E-state index is 13.1. The monoisotopic (exact) mass is 515 g/mol. The lowest BCUT2D eigenvalue weighted by Gasteiger charge is -2.38. The number of hydrogen-bond donors (Lipinski definition) is 2. The zero-order chi connectivity index (χ0) is 24.0. The summed E-state index contributed by atoms with van der Waals surface area (Å²) < 4.78 is 28.6. The van der Waals surface area contributed by atoms with E-state index in [2.05, 4.69) is 22.2 Å². The molecule has 34 heavy (non-hydrogen) atoms. The topological polar surface area (TPSA) is 101 Å². The van der Waals surface area contributed by atoms with Crippen molar-refractivity contribution < 1.29 is 13.3 Å². The Morgan fingerprint density at radius 2 is 1.76 bits per heavy atom. The maximum absolute atomic E-state index is 13.1. The Labute approximate surface area is 206 Å². The Hall–Kier alpha value is -3.07. The van der Waals surface area contributed by atoms with E-state index in [4.69, 9.17) is 23.2 Å². The van der Waals surface area contributed by atoms with E-state index in [-0.39, 0.29) is 34.1 Å². The van der Waals surface area contributed by atoms with Crippen LogP contribution in [-0.2, 0) is 10.0 Å². The molecular formula is C24H19Cl2N3O4S. The van der Waals surface area contributed by atoms with Crippen LogP contribution < -0.4 is 10.0 Å². The molecule has 0 saturated heterocycles. The van der Waals surface area contributed by atoms with Gasteiger partial charge in [0.15, 0.2) is 0 Å². The van der Waals surface area contributed by atoms with E-state index < -0.39 is 14.9 Å². The highest BCUT2D eigenvalue weighted by Gasteiger charge is 2.40. The molecule has 0 saturated carbocycles. The number of non-ortho nitro benzene ring substituents is 1. The van der Waals surface area contributed by atoms with Gasteiger partial charge in [0.1, 0.15) is 0 Å². The molecule has 0 amide bonds. The Balaban J connectivity index is 1.50. The number of halogens is 2. The number of nitro groups is 1. The summed E-state index contributed by atoms with van der Waals surface area (Å²) in [4.78, 5) is 10.5. The summed E-state index contributed by atoms with van der Waals surface area (Å²) in [6.07, 6.45) is 4.98. The van der Waals surface area contributed by atoms with E-state index >= 15 is 0 Å². The number of sulfonamides is 1. The molecule has 0 aromatic heterocycles. The van der Waals surface area contributed by atoms with E-state index in [0.29, 0.717) is 10.0 Å². The molecule has 0 fully saturated rings. The van der Waals surface area contributed by atoms with Gasteiger partial charge in [-0.2, -0.15) is 0 Å². The minimum absolute atomic E-state index is 0.0125. The van der Waals surface area contributed by atoms with Crippen molar-refractivity contribution in [2.45, 2.75) is 23.3 Å². The second kappa shape index (κ2) is 8.61. The molecule has 2 N–H and O–H groups in total. The minimum Gasteiger partial charge on any atom is -0.378 e. The van der Waals surface area contributed by atoms with Gasteiger partial charge < -0.3 is 5.32 Å². The number of nitrogens with zero attached hydrogens (tertiary/aromatic N) is 1. The van der Waals surface area contributed by atoms with Crippen molar-refractivity contribution in [1.82, 2.24) is 0 Å². The normalized spacial score (nSPS) is 20.8. The van der Waals surface area contributed by atoms with Crippen molar-refractivity contribution in [3.63, 3.8) is 0 Å². The van der Waals surface area contributed by atoms with Crippen LogP contribution in [0.3, 0.4) is 0 Å². The van der Waals surface area contributed by atoms with E-state index in [1.54, 1.807) is 18.2 Å². The molecule has 3 aromatic rings. The lowest BCUT2D eigenvalue weighted by Crippen LogP contribution is -2.29. The molecule has 174 valence electrons. The van der Waals surface area contributed by atoms with Gasteiger partial charge in [0.05, 0.1) is 21.5 Å². The molecule has 7 nitrogen and oxygen atoms in total. The predicted octanol–water partition coefficient (Wildman–Crippen LogP) is 6.53. The van der Waals surface area contributed by atoms with E-state index in [1.807, 2.05) is 12.1 Å². The van der Waals surface area contributed by atoms with Crippen LogP contribution in [0.5, 0.6) is 0 Å². The third kappa shape index (κ3) is 4.02. The molecule has 10 heteroatoms. The van der Waals surface area contributed by atoms with Crippen LogP contribution >= 0.6 is 23.2 Å². The van der Waals surface area contributed by atoms with Gasteiger partial charge in [-0.25, -0.2) is 8.42 Å². The van der Waals surface area contributed by atoms with Crippen LogP contribution in [0.15, 0.2) is 77.7 Å². The van der Waals surface area contributed by atoms with Crippen molar-refractivity contribution >= 4 is 50.3 Å². The first kappa shape index (κ1) is 22.7. The van der Waals surface area contributed by atoms with Crippen molar-refractivity contribution in [3.8, 4) is 0 Å². The third-order valence-corrected chi connectivity index (χ3v) is 8.30. The van der Waals surface area contributed by atoms with Gasteiger partial charge in [-0.1, -0.05) is 47.5 Å². The molecule has 3 aromatic carbocycles. The van der Waals surface area contributed by atoms with Gasteiger partial charge >= 0.3 is 0 Å². The molecule has 1 heterocycles. The fourth-order valence-corrected chi connectivity index (χ4v) is 6.45. The van der Waals surface area contributed by atoms with Crippen molar-refractivity contribution in [1.29, 1.82) is 0 Å². The van der Waals surface area contributed by atoms with Gasteiger partial charge in [-0.3, -0.25) is 14.8 Å². The van der Waals surface area contributed by atoms with Crippen LogP contribution in [0.2, 0.25) is 10.0 Å². The maximum Gasteiger partial charge on any atom is 0.271 e. The highest BCUT2D eigenvalue weighted by molar-refractivity contribution is 7.92. The second-order valence-electron chi connectivity index (χ2n) is 8.27. The summed E-state index contributed by atoms with van der Waals surface area (Å²) in [5.74, 6) is 0.106. The fraction of sp³-hybridized carbons (Fsp3) is 0.167. The van der Waals surface area contributed by atoms with Crippen LogP contribution in [0.25, 0.3) is 0 Å². The fourth-order valence-electron chi connectivity index (χ4n) is 4.73. The number of nitro benzene ring substituents is 1. The first-order valence-corrected chi connectivity index (χ1v) is 12.8. The third-order valence-electron chi connectivity index (χ3n) is 6.26. The molecular weight excluding hydrogens is 497 g/mol.